The molecule has 0 radical (unpaired) electrons. The highest BCUT2D eigenvalue weighted by atomic mass is 16.6. The summed E-state index contributed by atoms with van der Waals surface area (Å²) in [6.45, 7) is 9.08. The van der Waals surface area contributed by atoms with Gasteiger partial charge in [-0.3, -0.25) is 19.2 Å². The summed E-state index contributed by atoms with van der Waals surface area (Å²) in [5, 5.41) is 0. The molecule has 0 amide bonds. The molecule has 9 nitrogen and oxygen atoms in total. The Bertz CT molecular complexity index is 797. The average Bonchev–Trinajstić information content (AvgIpc) is 2.60. The fourth-order valence-corrected chi connectivity index (χ4v) is 2.19. The maximum Gasteiger partial charge on any atom is 0.323 e. The summed E-state index contributed by atoms with van der Waals surface area (Å²) in [7, 11) is 0. The number of ether oxygens (including phenoxy) is 4. The van der Waals surface area contributed by atoms with Gasteiger partial charge in [0.25, 0.3) is 0 Å². The monoisotopic (exact) mass is 423 g/mol. The van der Waals surface area contributed by atoms with Gasteiger partial charge in [-0.15, -0.1) is 0 Å². The Labute approximate surface area is 175 Å². The summed E-state index contributed by atoms with van der Waals surface area (Å²) in [4.78, 5) is 46.5. The maximum atomic E-state index is 12.2. The Morgan fingerprint density at radius 2 is 1.57 bits per heavy atom. The number of carbonyl (C=O) groups excluding carboxylic acids is 4. The van der Waals surface area contributed by atoms with E-state index < -0.39 is 41.4 Å². The summed E-state index contributed by atoms with van der Waals surface area (Å²) in [6, 6.07) is 3.49. The molecule has 1 rings (SSSR count). The second-order valence-electron chi connectivity index (χ2n) is 7.87. The number of hydrogen-bond acceptors (Lipinski definition) is 9. The molecule has 166 valence electrons. The quantitative estimate of drug-likeness (QED) is 0.492. The predicted molar refractivity (Wildman–Crippen MR) is 107 cm³/mol. The molecule has 0 saturated carbocycles. The molecule has 0 aliphatic rings. The third-order valence-electron chi connectivity index (χ3n) is 3.65. The second-order valence-corrected chi connectivity index (χ2v) is 7.87. The van der Waals surface area contributed by atoms with Gasteiger partial charge in [0.2, 0.25) is 0 Å². The molecule has 0 saturated heterocycles. The third-order valence-corrected chi connectivity index (χ3v) is 3.65. The summed E-state index contributed by atoms with van der Waals surface area (Å²) in [5.41, 5.74) is 5.81. The third kappa shape index (κ3) is 8.60. The molecule has 0 aromatic heterocycles. The van der Waals surface area contributed by atoms with Gasteiger partial charge < -0.3 is 24.7 Å². The predicted octanol–water partition coefficient (Wildman–Crippen LogP) is 1.93. The van der Waals surface area contributed by atoms with E-state index in [-0.39, 0.29) is 24.5 Å². The first kappa shape index (κ1) is 25.1. The van der Waals surface area contributed by atoms with Gasteiger partial charge in [-0.2, -0.15) is 0 Å². The van der Waals surface area contributed by atoms with E-state index in [9.17, 15) is 19.2 Å². The zero-order valence-electron chi connectivity index (χ0n) is 18.1. The highest BCUT2D eigenvalue weighted by Gasteiger charge is 2.26. The molecule has 2 atom stereocenters. The molecule has 9 heteroatoms. The van der Waals surface area contributed by atoms with Crippen LogP contribution in [0.5, 0.6) is 11.5 Å². The minimum Gasteiger partial charge on any atom is -0.461 e. The van der Waals surface area contributed by atoms with Crippen LogP contribution in [0.2, 0.25) is 0 Å². The Kier molecular flexibility index (Phi) is 8.97. The van der Waals surface area contributed by atoms with Crippen LogP contribution in [0.1, 0.15) is 47.1 Å². The molecule has 0 aliphatic carbocycles. The largest absolute Gasteiger partial charge is 0.461 e. The lowest BCUT2D eigenvalue weighted by Crippen LogP contribution is -2.37. The van der Waals surface area contributed by atoms with Crippen molar-refractivity contribution in [2.75, 3.05) is 6.61 Å². The summed E-state index contributed by atoms with van der Waals surface area (Å²) in [6.07, 6.45) is -0.532. The van der Waals surface area contributed by atoms with Crippen molar-refractivity contribution in [3.05, 3.63) is 23.8 Å². The van der Waals surface area contributed by atoms with Crippen LogP contribution in [0, 0.1) is 5.41 Å². The van der Waals surface area contributed by atoms with Crippen LogP contribution in [-0.4, -0.2) is 42.6 Å². The highest BCUT2D eigenvalue weighted by Crippen LogP contribution is 2.29. The molecule has 0 fully saturated rings. The molecular weight excluding hydrogens is 394 g/mol. The van der Waals surface area contributed by atoms with Gasteiger partial charge in [-0.05, 0) is 51.8 Å². The van der Waals surface area contributed by atoms with E-state index in [2.05, 4.69) is 0 Å². The number of carbonyl (C=O) groups is 4. The Morgan fingerprint density at radius 3 is 2.10 bits per heavy atom. The molecule has 0 aliphatic heterocycles. The SMILES string of the molecule is CC(=O)Oc1ccc(C[C@H](N)C(=O)OC[C@H](C)OC(=O)C(C)(C)C)cc1OC(C)=O. The Morgan fingerprint density at radius 1 is 1.00 bits per heavy atom. The number of nitrogens with two attached hydrogens (primary N) is 1. The molecule has 0 unspecified atom stereocenters. The minimum atomic E-state index is -1.000. The summed E-state index contributed by atoms with van der Waals surface area (Å²) in [5.74, 6) is -2.13. The van der Waals surface area contributed by atoms with E-state index in [0.717, 1.165) is 0 Å². The maximum absolute atomic E-state index is 12.2. The molecule has 1 aromatic rings. The standard InChI is InChI=1S/C21H29NO8/c1-12(28-20(26)21(4,5)6)11-27-19(25)16(22)9-15-7-8-17(29-13(2)23)18(10-15)30-14(3)24/h7-8,10,12,16H,9,11,22H2,1-6H3/t12-,16-/m0/s1. The lowest BCUT2D eigenvalue weighted by molar-refractivity contribution is -0.165. The van der Waals surface area contributed by atoms with Crippen molar-refractivity contribution in [2.45, 2.75) is 60.1 Å². The molecule has 2 N–H and O–H groups in total. The van der Waals surface area contributed by atoms with Crippen molar-refractivity contribution in [3.63, 3.8) is 0 Å². The Balaban J connectivity index is 2.71. The molecule has 1 aromatic carbocycles. The van der Waals surface area contributed by atoms with Crippen molar-refractivity contribution in [2.24, 2.45) is 11.1 Å². The second kappa shape index (κ2) is 10.7. The molecule has 30 heavy (non-hydrogen) atoms. The highest BCUT2D eigenvalue weighted by molar-refractivity contribution is 5.77. The van der Waals surface area contributed by atoms with Crippen molar-refractivity contribution in [3.8, 4) is 11.5 Å². The van der Waals surface area contributed by atoms with E-state index in [1.807, 2.05) is 0 Å². The van der Waals surface area contributed by atoms with Gasteiger partial charge in [0.1, 0.15) is 18.8 Å². The van der Waals surface area contributed by atoms with Crippen LogP contribution in [0.4, 0.5) is 0 Å². The first-order valence-electron chi connectivity index (χ1n) is 9.42. The van der Waals surface area contributed by atoms with Crippen molar-refractivity contribution in [1.82, 2.24) is 0 Å². The number of benzene rings is 1. The number of hydrogen-bond donors (Lipinski definition) is 1. The first-order chi connectivity index (χ1) is 13.8. The number of esters is 4. The van der Waals surface area contributed by atoms with E-state index >= 15 is 0 Å². The van der Waals surface area contributed by atoms with Crippen molar-refractivity contribution >= 4 is 23.9 Å². The van der Waals surface area contributed by atoms with Crippen LogP contribution in [0.25, 0.3) is 0 Å². The fourth-order valence-electron chi connectivity index (χ4n) is 2.19. The molecule has 0 bridgehead atoms. The summed E-state index contributed by atoms with van der Waals surface area (Å²) >= 11 is 0. The smallest absolute Gasteiger partial charge is 0.323 e. The zero-order valence-corrected chi connectivity index (χ0v) is 18.1. The summed E-state index contributed by atoms with van der Waals surface area (Å²) < 4.78 is 20.4. The Hall–Kier alpha value is -2.94. The van der Waals surface area contributed by atoms with Gasteiger partial charge in [-0.25, -0.2) is 0 Å². The molecule has 0 heterocycles. The molecule has 0 spiro atoms. The van der Waals surface area contributed by atoms with E-state index in [0.29, 0.717) is 5.56 Å². The van der Waals surface area contributed by atoms with Crippen molar-refractivity contribution < 1.29 is 38.1 Å². The lowest BCUT2D eigenvalue weighted by Gasteiger charge is -2.21. The van der Waals surface area contributed by atoms with Gasteiger partial charge in [0.15, 0.2) is 11.5 Å². The van der Waals surface area contributed by atoms with Gasteiger partial charge >= 0.3 is 23.9 Å². The van der Waals surface area contributed by atoms with Crippen LogP contribution >= 0.6 is 0 Å². The van der Waals surface area contributed by atoms with Gasteiger partial charge in [0, 0.05) is 13.8 Å². The number of rotatable bonds is 8. The van der Waals surface area contributed by atoms with E-state index in [1.165, 1.54) is 26.0 Å². The van der Waals surface area contributed by atoms with Crippen LogP contribution < -0.4 is 15.2 Å². The van der Waals surface area contributed by atoms with Crippen molar-refractivity contribution in [1.29, 1.82) is 0 Å². The van der Waals surface area contributed by atoms with Crippen LogP contribution in [0.3, 0.4) is 0 Å². The molecular formula is C21H29NO8. The van der Waals surface area contributed by atoms with Gasteiger partial charge in [0.05, 0.1) is 5.41 Å². The minimum absolute atomic E-state index is 0.0403. The zero-order chi connectivity index (χ0) is 23.1. The fraction of sp³-hybridized carbons (Fsp3) is 0.524. The lowest BCUT2D eigenvalue weighted by atomic mass is 9.97. The van der Waals surface area contributed by atoms with Gasteiger partial charge in [-0.1, -0.05) is 6.07 Å². The topological polar surface area (TPSA) is 131 Å². The average molecular weight is 423 g/mol. The van der Waals surface area contributed by atoms with E-state index in [4.69, 9.17) is 24.7 Å². The van der Waals surface area contributed by atoms with E-state index in [1.54, 1.807) is 33.8 Å². The van der Waals surface area contributed by atoms with Crippen LogP contribution in [0.15, 0.2) is 18.2 Å². The normalized spacial score (nSPS) is 13.0. The van der Waals surface area contributed by atoms with Crippen LogP contribution in [-0.2, 0) is 35.1 Å². The first-order valence-corrected chi connectivity index (χ1v) is 9.42.